The van der Waals surface area contributed by atoms with Crippen molar-refractivity contribution in [1.82, 2.24) is 16.0 Å². The Bertz CT molecular complexity index is 712. The van der Waals surface area contributed by atoms with Gasteiger partial charge in [0.2, 0.25) is 17.7 Å². The van der Waals surface area contributed by atoms with Crippen LogP contribution in [0, 0.1) is 0 Å². The maximum absolute atomic E-state index is 13.0. The van der Waals surface area contributed by atoms with Crippen molar-refractivity contribution in [3.8, 4) is 0 Å². The van der Waals surface area contributed by atoms with Crippen LogP contribution in [0.25, 0.3) is 0 Å². The molecule has 0 heterocycles. The average molecular weight is 535 g/mol. The Kier molecular flexibility index (Phi) is 18.4. The standard InChI is InChI=1S/C22H42N6O7S/c1-36-13-10-14(25)19(31)26-16(8-9-18(29)30)21(33)27-15(6-2-4-11-23)20(32)28-17(22(34)35)7-3-5-12-24/h14-17H,2-13,23-25H2,1H3,(H,26,31)(H,27,33)(H,28,32)(H,29,30)(H,34,35). The van der Waals surface area contributed by atoms with Gasteiger partial charge in [-0.1, -0.05) is 0 Å². The monoisotopic (exact) mass is 534 g/mol. The van der Waals surface area contributed by atoms with Crippen LogP contribution in [-0.4, -0.2) is 89.1 Å². The summed E-state index contributed by atoms with van der Waals surface area (Å²) < 4.78 is 0. The summed E-state index contributed by atoms with van der Waals surface area (Å²) in [6.07, 6.45) is 4.11. The summed E-state index contributed by atoms with van der Waals surface area (Å²) in [6, 6.07) is -4.38. The van der Waals surface area contributed by atoms with Gasteiger partial charge in [-0.3, -0.25) is 19.2 Å². The maximum Gasteiger partial charge on any atom is 0.326 e. The fourth-order valence-electron chi connectivity index (χ4n) is 3.25. The molecule has 0 aliphatic rings. The van der Waals surface area contributed by atoms with Crippen LogP contribution in [-0.2, 0) is 24.0 Å². The van der Waals surface area contributed by atoms with E-state index in [9.17, 15) is 29.1 Å². The molecule has 0 aromatic rings. The van der Waals surface area contributed by atoms with Crippen molar-refractivity contribution in [3.63, 3.8) is 0 Å². The minimum atomic E-state index is -1.24. The molecule has 36 heavy (non-hydrogen) atoms. The summed E-state index contributed by atoms with van der Waals surface area (Å²) in [5.74, 6) is -3.80. The van der Waals surface area contributed by atoms with Crippen LogP contribution < -0.4 is 33.2 Å². The molecule has 4 unspecified atom stereocenters. The van der Waals surface area contributed by atoms with E-state index in [1.807, 2.05) is 6.26 Å². The first-order chi connectivity index (χ1) is 17.1. The molecule has 0 aromatic heterocycles. The number of carbonyl (C=O) groups excluding carboxylic acids is 3. The molecule has 0 spiro atoms. The number of carbonyl (C=O) groups is 5. The fourth-order valence-corrected chi connectivity index (χ4v) is 3.74. The number of unbranched alkanes of at least 4 members (excludes halogenated alkanes) is 2. The molecule has 0 saturated heterocycles. The van der Waals surface area contributed by atoms with Gasteiger partial charge < -0.3 is 43.4 Å². The molecule has 208 valence electrons. The lowest BCUT2D eigenvalue weighted by atomic mass is 10.0. The molecule has 11 N–H and O–H groups in total. The third-order valence-electron chi connectivity index (χ3n) is 5.39. The van der Waals surface area contributed by atoms with E-state index in [1.54, 1.807) is 0 Å². The molecule has 13 nitrogen and oxygen atoms in total. The third-order valence-corrected chi connectivity index (χ3v) is 6.03. The van der Waals surface area contributed by atoms with Gasteiger partial charge in [0.1, 0.15) is 18.1 Å². The second kappa shape index (κ2) is 19.7. The summed E-state index contributed by atoms with van der Waals surface area (Å²) >= 11 is 1.50. The Balaban J connectivity index is 5.50. The first-order valence-electron chi connectivity index (χ1n) is 12.1. The zero-order valence-corrected chi connectivity index (χ0v) is 21.7. The van der Waals surface area contributed by atoms with Gasteiger partial charge in [-0.25, -0.2) is 4.79 Å². The molecule has 0 bridgehead atoms. The van der Waals surface area contributed by atoms with Crippen molar-refractivity contribution >= 4 is 41.4 Å². The van der Waals surface area contributed by atoms with E-state index in [-0.39, 0.29) is 19.3 Å². The van der Waals surface area contributed by atoms with Crippen molar-refractivity contribution in [1.29, 1.82) is 0 Å². The first-order valence-corrected chi connectivity index (χ1v) is 13.5. The SMILES string of the molecule is CSCCC(N)C(=O)NC(CCC(=O)O)C(=O)NC(CCCCN)C(=O)NC(CCCCN)C(=O)O. The normalized spacial score (nSPS) is 14.2. The third kappa shape index (κ3) is 14.9. The van der Waals surface area contributed by atoms with Gasteiger partial charge in [0.25, 0.3) is 0 Å². The second-order valence-electron chi connectivity index (χ2n) is 8.41. The van der Waals surface area contributed by atoms with Gasteiger partial charge in [0, 0.05) is 6.42 Å². The minimum Gasteiger partial charge on any atom is -0.481 e. The average Bonchev–Trinajstić information content (AvgIpc) is 2.83. The molecule has 3 amide bonds. The van der Waals surface area contributed by atoms with Crippen molar-refractivity contribution in [2.45, 2.75) is 82.0 Å². The number of nitrogens with one attached hydrogen (secondary N) is 3. The first kappa shape index (κ1) is 33.6. The number of carboxylic acids is 2. The Labute approximate surface area is 216 Å². The summed E-state index contributed by atoms with van der Waals surface area (Å²) in [5, 5.41) is 26.0. The molecule has 4 atom stereocenters. The molecule has 14 heteroatoms. The zero-order valence-electron chi connectivity index (χ0n) is 20.9. The van der Waals surface area contributed by atoms with Gasteiger partial charge in [-0.05, 0) is 76.5 Å². The molecular weight excluding hydrogens is 492 g/mol. The lowest BCUT2D eigenvalue weighted by Crippen LogP contribution is -2.57. The summed E-state index contributed by atoms with van der Waals surface area (Å²) in [5.41, 5.74) is 16.8. The quantitative estimate of drug-likeness (QED) is 0.0807. The number of hydrogen-bond acceptors (Lipinski definition) is 9. The van der Waals surface area contributed by atoms with Crippen LogP contribution in [0.3, 0.4) is 0 Å². The van der Waals surface area contributed by atoms with E-state index in [4.69, 9.17) is 22.3 Å². The van der Waals surface area contributed by atoms with Crippen LogP contribution >= 0.6 is 11.8 Å². The molecule has 0 aromatic carbocycles. The predicted molar refractivity (Wildman–Crippen MR) is 137 cm³/mol. The number of amides is 3. The number of nitrogens with two attached hydrogens (primary N) is 3. The van der Waals surface area contributed by atoms with Gasteiger partial charge in [-0.2, -0.15) is 11.8 Å². The minimum absolute atomic E-state index is 0.174. The molecule has 0 aliphatic heterocycles. The zero-order chi connectivity index (χ0) is 27.5. The predicted octanol–water partition coefficient (Wildman–Crippen LogP) is -1.27. The number of aliphatic carboxylic acids is 2. The van der Waals surface area contributed by atoms with Crippen molar-refractivity contribution in [3.05, 3.63) is 0 Å². The highest BCUT2D eigenvalue weighted by Crippen LogP contribution is 2.08. The summed E-state index contributed by atoms with van der Waals surface area (Å²) in [6.45, 7) is 0.757. The van der Waals surface area contributed by atoms with E-state index in [2.05, 4.69) is 16.0 Å². The highest BCUT2D eigenvalue weighted by atomic mass is 32.2. The number of hydrogen-bond donors (Lipinski definition) is 8. The molecule has 0 fully saturated rings. The number of carboxylic acid groups (broad SMARTS) is 2. The van der Waals surface area contributed by atoms with Gasteiger partial charge in [-0.15, -0.1) is 0 Å². The highest BCUT2D eigenvalue weighted by molar-refractivity contribution is 7.98. The van der Waals surface area contributed by atoms with Crippen molar-refractivity contribution in [2.24, 2.45) is 17.2 Å². The van der Waals surface area contributed by atoms with E-state index in [0.717, 1.165) is 0 Å². The smallest absolute Gasteiger partial charge is 0.326 e. The summed E-state index contributed by atoms with van der Waals surface area (Å²) in [7, 11) is 0. The highest BCUT2D eigenvalue weighted by Gasteiger charge is 2.30. The van der Waals surface area contributed by atoms with Crippen LogP contribution in [0.15, 0.2) is 0 Å². The van der Waals surface area contributed by atoms with E-state index >= 15 is 0 Å². The van der Waals surface area contributed by atoms with Crippen LogP contribution in [0.4, 0.5) is 0 Å². The molecule has 0 saturated carbocycles. The number of thioether (sulfide) groups is 1. The fraction of sp³-hybridized carbons (Fsp3) is 0.773. The Morgan fingerprint density at radius 2 is 1.19 bits per heavy atom. The van der Waals surface area contributed by atoms with E-state index < -0.39 is 60.2 Å². The van der Waals surface area contributed by atoms with E-state index in [1.165, 1.54) is 11.8 Å². The van der Waals surface area contributed by atoms with Crippen molar-refractivity contribution in [2.75, 3.05) is 25.1 Å². The van der Waals surface area contributed by atoms with Crippen LogP contribution in [0.1, 0.15) is 57.8 Å². The van der Waals surface area contributed by atoms with Gasteiger partial charge in [0.05, 0.1) is 6.04 Å². The summed E-state index contributed by atoms with van der Waals surface area (Å²) in [4.78, 5) is 61.0. The molecular formula is C22H42N6O7S. The molecule has 0 aliphatic carbocycles. The lowest BCUT2D eigenvalue weighted by molar-refractivity contribution is -0.142. The maximum atomic E-state index is 13.0. The Morgan fingerprint density at radius 1 is 0.722 bits per heavy atom. The largest absolute Gasteiger partial charge is 0.481 e. The van der Waals surface area contributed by atoms with E-state index in [0.29, 0.717) is 50.9 Å². The topological polar surface area (TPSA) is 240 Å². The second-order valence-corrected chi connectivity index (χ2v) is 9.40. The Hall–Kier alpha value is -2.42. The van der Waals surface area contributed by atoms with Crippen LogP contribution in [0.2, 0.25) is 0 Å². The van der Waals surface area contributed by atoms with Gasteiger partial charge in [0.15, 0.2) is 0 Å². The molecule has 0 rings (SSSR count). The lowest BCUT2D eigenvalue weighted by Gasteiger charge is -2.25. The molecule has 0 radical (unpaired) electrons. The van der Waals surface area contributed by atoms with Crippen molar-refractivity contribution < 1.29 is 34.2 Å². The van der Waals surface area contributed by atoms with Crippen LogP contribution in [0.5, 0.6) is 0 Å². The Morgan fingerprint density at radius 3 is 1.67 bits per heavy atom. The number of rotatable bonds is 21. The van der Waals surface area contributed by atoms with Gasteiger partial charge >= 0.3 is 11.9 Å².